The summed E-state index contributed by atoms with van der Waals surface area (Å²) >= 11 is 0. The Hall–Kier alpha value is -5.40. The second-order valence-corrected chi connectivity index (χ2v) is 14.3. The predicted molar refractivity (Wildman–Crippen MR) is 202 cm³/mol. The highest BCUT2D eigenvalue weighted by Crippen LogP contribution is 2.37. The Morgan fingerprint density at radius 2 is 1.16 bits per heavy atom. The van der Waals surface area contributed by atoms with Crippen molar-refractivity contribution in [3.05, 3.63) is 110 Å². The topological polar surface area (TPSA) is 132 Å². The minimum atomic E-state index is -4.99. The molecule has 0 radical (unpaired) electrons. The van der Waals surface area contributed by atoms with Crippen molar-refractivity contribution in [3.63, 3.8) is 0 Å². The Morgan fingerprint density at radius 1 is 0.638 bits per heavy atom. The van der Waals surface area contributed by atoms with Gasteiger partial charge in [-0.2, -0.15) is 26.3 Å². The van der Waals surface area contributed by atoms with Crippen LogP contribution in [-0.4, -0.2) is 47.3 Å². The van der Waals surface area contributed by atoms with Crippen LogP contribution in [0.2, 0.25) is 0 Å². The third kappa shape index (κ3) is 13.1. The Bertz CT molecular complexity index is 2030. The number of unbranched alkanes of at least 4 members (excludes halogenated alkanes) is 4. The van der Waals surface area contributed by atoms with Gasteiger partial charge in [-0.25, -0.2) is 0 Å². The fourth-order valence-electron chi connectivity index (χ4n) is 6.83. The smallest absolute Gasteiger partial charge is 0.416 e. The van der Waals surface area contributed by atoms with Crippen molar-refractivity contribution in [3.8, 4) is 0 Å². The van der Waals surface area contributed by atoms with Gasteiger partial charge in [0, 0.05) is 59.9 Å². The number of esters is 1. The molecule has 3 aromatic carbocycles. The van der Waals surface area contributed by atoms with Gasteiger partial charge in [0.15, 0.2) is 23.1 Å². The van der Waals surface area contributed by atoms with E-state index in [4.69, 9.17) is 5.11 Å². The van der Waals surface area contributed by atoms with Gasteiger partial charge in [0.05, 0.1) is 18.2 Å². The molecule has 0 amide bonds. The number of carbonyl (C=O) groups excluding carboxylic acids is 5. The predicted octanol–water partition coefficient (Wildman–Crippen LogP) is 10.7. The molecule has 58 heavy (non-hydrogen) atoms. The molecule has 0 heterocycles. The minimum Gasteiger partial charge on any atom is -0.481 e. The van der Waals surface area contributed by atoms with E-state index in [1.807, 2.05) is 6.07 Å². The molecular formula is C44H44F6O8. The second-order valence-electron chi connectivity index (χ2n) is 14.3. The van der Waals surface area contributed by atoms with E-state index in [2.05, 4.69) is 4.74 Å². The zero-order valence-electron chi connectivity index (χ0n) is 32.0. The molecule has 8 nitrogen and oxygen atoms in total. The highest BCUT2D eigenvalue weighted by atomic mass is 19.4. The first-order valence-electron chi connectivity index (χ1n) is 19.1. The van der Waals surface area contributed by atoms with Crippen LogP contribution in [0.3, 0.4) is 0 Å². The van der Waals surface area contributed by atoms with Gasteiger partial charge < -0.3 is 9.84 Å². The Balaban J connectivity index is 0.000000289. The molecule has 2 aliphatic carbocycles. The number of fused-ring (bicyclic) bond motifs is 2. The van der Waals surface area contributed by atoms with Crippen molar-refractivity contribution >= 4 is 41.1 Å². The van der Waals surface area contributed by atoms with Crippen molar-refractivity contribution < 1.29 is 65.0 Å². The molecule has 0 aliphatic heterocycles. The summed E-state index contributed by atoms with van der Waals surface area (Å²) in [6.45, 7) is 0. The molecular weight excluding hydrogens is 770 g/mol. The number of halogens is 6. The molecule has 0 atom stereocenters. The van der Waals surface area contributed by atoms with Gasteiger partial charge in [-0.05, 0) is 104 Å². The lowest BCUT2D eigenvalue weighted by Gasteiger charge is -2.19. The highest BCUT2D eigenvalue weighted by molar-refractivity contribution is 6.13. The van der Waals surface area contributed by atoms with E-state index in [-0.39, 0.29) is 71.8 Å². The maximum atomic E-state index is 13.1. The average molecular weight is 815 g/mol. The number of methoxy groups -OCH3 is 1. The van der Waals surface area contributed by atoms with Crippen LogP contribution in [0.25, 0.3) is 6.08 Å². The number of carboxylic acids is 1. The summed E-state index contributed by atoms with van der Waals surface area (Å²) < 4.78 is 83.4. The van der Waals surface area contributed by atoms with Crippen molar-refractivity contribution in [2.45, 2.75) is 109 Å². The van der Waals surface area contributed by atoms with Crippen molar-refractivity contribution in [2.24, 2.45) is 0 Å². The van der Waals surface area contributed by atoms with E-state index in [1.165, 1.54) is 19.2 Å². The van der Waals surface area contributed by atoms with E-state index in [0.717, 1.165) is 49.3 Å². The average Bonchev–Trinajstić information content (AvgIpc) is 3.17. The number of aryl methyl sites for hydroxylation is 2. The van der Waals surface area contributed by atoms with Gasteiger partial charge >= 0.3 is 24.3 Å². The molecule has 0 saturated heterocycles. The molecule has 0 unspecified atom stereocenters. The molecule has 1 N–H and O–H groups in total. The molecule has 14 heteroatoms. The number of ketones is 4. The van der Waals surface area contributed by atoms with Crippen molar-refractivity contribution in [2.75, 3.05) is 7.11 Å². The first-order valence-corrected chi connectivity index (χ1v) is 19.1. The van der Waals surface area contributed by atoms with Crippen LogP contribution >= 0.6 is 0 Å². The number of carboxylic acid groups (broad SMARTS) is 1. The van der Waals surface area contributed by atoms with Crippen molar-refractivity contribution in [1.29, 1.82) is 0 Å². The molecule has 0 saturated carbocycles. The number of rotatable bonds is 15. The van der Waals surface area contributed by atoms with Gasteiger partial charge in [-0.1, -0.05) is 37.1 Å². The van der Waals surface area contributed by atoms with Gasteiger partial charge in [0.1, 0.15) is 0 Å². The Kier molecular flexibility index (Phi) is 15.9. The summed E-state index contributed by atoms with van der Waals surface area (Å²) in [7, 11) is 1.38. The molecule has 0 fully saturated rings. The maximum Gasteiger partial charge on any atom is 0.416 e. The number of hydrogen-bond acceptors (Lipinski definition) is 7. The fourth-order valence-corrected chi connectivity index (χ4v) is 6.83. The molecule has 0 bridgehead atoms. The zero-order chi connectivity index (χ0) is 42.6. The van der Waals surface area contributed by atoms with E-state index >= 15 is 0 Å². The van der Waals surface area contributed by atoms with E-state index in [1.54, 1.807) is 18.2 Å². The van der Waals surface area contributed by atoms with Crippen LogP contribution in [0.5, 0.6) is 0 Å². The van der Waals surface area contributed by atoms with Crippen LogP contribution in [0.4, 0.5) is 26.3 Å². The van der Waals surface area contributed by atoms with Crippen LogP contribution in [-0.2, 0) is 39.5 Å². The lowest BCUT2D eigenvalue weighted by atomic mass is 9.84. The quantitative estimate of drug-likeness (QED) is 0.0527. The van der Waals surface area contributed by atoms with Gasteiger partial charge in [-0.3, -0.25) is 28.8 Å². The molecule has 2 aliphatic rings. The summed E-state index contributed by atoms with van der Waals surface area (Å²) in [5.41, 5.74) is 0.474. The molecule has 0 spiro atoms. The van der Waals surface area contributed by atoms with Crippen LogP contribution in [0.1, 0.15) is 153 Å². The number of ether oxygens (including phenoxy) is 1. The summed E-state index contributed by atoms with van der Waals surface area (Å²) in [6.07, 6.45) is -1.13. The minimum absolute atomic E-state index is 0.0308. The lowest BCUT2D eigenvalue weighted by Crippen LogP contribution is -2.15. The summed E-state index contributed by atoms with van der Waals surface area (Å²) in [4.78, 5) is 70.8. The number of aliphatic carboxylic acids is 1. The lowest BCUT2D eigenvalue weighted by molar-refractivity contribution is -0.143. The van der Waals surface area contributed by atoms with E-state index in [9.17, 15) is 55.1 Å². The Morgan fingerprint density at radius 3 is 1.69 bits per heavy atom. The number of Topliss-reactive ketones (excluding diaryl/α,β-unsaturated/α-hetero) is 4. The molecule has 0 aromatic heterocycles. The number of hydrogen-bond donors (Lipinski definition) is 1. The molecule has 3 aromatic rings. The third-order valence-electron chi connectivity index (χ3n) is 9.96. The SMILES string of the molecule is COC(=O)CCCCCC(=O)c1ccc2c(c1)CCCC2=O.O=C(O)CCCCCC(=O)c1ccc2c(c1)CC/C(=C\c1cc(C(F)(F)F)cc(C(F)(F)F)c1)C2=O. The normalized spacial score (nSPS) is 14.6. The number of carbonyl (C=O) groups is 6. The molecule has 5 rings (SSSR count). The van der Waals surface area contributed by atoms with Gasteiger partial charge in [0.25, 0.3) is 0 Å². The number of alkyl halides is 6. The monoisotopic (exact) mass is 814 g/mol. The number of benzene rings is 3. The van der Waals surface area contributed by atoms with E-state index < -0.39 is 35.2 Å². The maximum absolute atomic E-state index is 13.1. The second kappa shape index (κ2) is 20.3. The van der Waals surface area contributed by atoms with Crippen LogP contribution in [0, 0.1) is 0 Å². The summed E-state index contributed by atoms with van der Waals surface area (Å²) in [5.74, 6) is -1.49. The first-order chi connectivity index (χ1) is 27.4. The number of allylic oxidation sites excluding steroid dienone is 1. The third-order valence-corrected chi connectivity index (χ3v) is 9.96. The standard InChI is InChI=1S/C26H22F6O4.C18H22O4/c27-25(28,29)19-11-15(12-20(14-19)26(30,31)32)10-18-7-6-16-13-17(8-9-21(16)24(18)36)22(33)4-2-1-3-5-23(34)35;1-22-18(21)9-4-2-3-7-16(19)14-10-11-15-13(12-14)6-5-8-17(15)20/h8-14H,1-7H2,(H,34,35);10-12H,2-9H2,1H3/b18-10+;. The fraction of sp³-hybridized carbons (Fsp3) is 0.409. The largest absolute Gasteiger partial charge is 0.481 e. The molecule has 310 valence electrons. The summed E-state index contributed by atoms with van der Waals surface area (Å²) in [6, 6.07) is 11.1. The van der Waals surface area contributed by atoms with Crippen LogP contribution in [0.15, 0.2) is 60.2 Å². The summed E-state index contributed by atoms with van der Waals surface area (Å²) in [5, 5.41) is 8.64. The van der Waals surface area contributed by atoms with Gasteiger partial charge in [0.2, 0.25) is 0 Å². The van der Waals surface area contributed by atoms with Gasteiger partial charge in [-0.15, -0.1) is 0 Å². The Labute approximate surface area is 331 Å². The highest BCUT2D eigenvalue weighted by Gasteiger charge is 2.37. The van der Waals surface area contributed by atoms with Crippen LogP contribution < -0.4 is 0 Å². The zero-order valence-corrected chi connectivity index (χ0v) is 32.0. The first kappa shape index (κ1) is 45.3. The van der Waals surface area contributed by atoms with E-state index in [0.29, 0.717) is 67.3 Å². The van der Waals surface area contributed by atoms with Crippen molar-refractivity contribution in [1.82, 2.24) is 0 Å².